The molecule has 82 valence electrons. The molecule has 0 spiro atoms. The number of aromatic nitrogens is 2. The van der Waals surface area contributed by atoms with Crippen LogP contribution < -0.4 is 5.73 Å². The molecule has 2 N–H and O–H groups in total. The highest BCUT2D eigenvalue weighted by atomic mass is 79.9. The Morgan fingerprint density at radius 3 is 2.62 bits per heavy atom. The third-order valence-electron chi connectivity index (χ3n) is 2.16. The lowest BCUT2D eigenvalue weighted by Crippen LogP contribution is -2.00. The van der Waals surface area contributed by atoms with Gasteiger partial charge in [-0.05, 0) is 29.3 Å². The fraction of sp³-hybridized carbons (Fsp3) is 0.0909. The van der Waals surface area contributed by atoms with Gasteiger partial charge in [0.05, 0.1) is 17.6 Å². The van der Waals surface area contributed by atoms with Crippen molar-refractivity contribution in [2.24, 2.45) is 0 Å². The van der Waals surface area contributed by atoms with Gasteiger partial charge in [0.25, 0.3) is 0 Å². The summed E-state index contributed by atoms with van der Waals surface area (Å²) >= 11 is 9.11. The van der Waals surface area contributed by atoms with Crippen LogP contribution >= 0.6 is 27.5 Å². The van der Waals surface area contributed by atoms with Gasteiger partial charge in [-0.15, -0.1) is 0 Å². The molecule has 2 aromatic rings. The smallest absolute Gasteiger partial charge is 0.222 e. The molecule has 0 atom stereocenters. The van der Waals surface area contributed by atoms with E-state index >= 15 is 0 Å². The molecule has 0 aliphatic carbocycles. The van der Waals surface area contributed by atoms with Gasteiger partial charge in [0.15, 0.2) is 0 Å². The lowest BCUT2D eigenvalue weighted by Gasteiger charge is -2.04. The Morgan fingerprint density at radius 2 is 1.94 bits per heavy atom. The predicted octanol–water partition coefficient (Wildman–Crippen LogP) is 3.07. The monoisotopic (exact) mass is 297 g/mol. The van der Waals surface area contributed by atoms with Crippen LogP contribution in [0.4, 0.5) is 5.69 Å². The summed E-state index contributed by atoms with van der Waals surface area (Å²) < 4.78 is 1.05. The molecule has 5 heteroatoms. The van der Waals surface area contributed by atoms with E-state index in [0.29, 0.717) is 12.1 Å². The first-order valence-corrected chi connectivity index (χ1v) is 5.83. The van der Waals surface area contributed by atoms with E-state index in [1.807, 2.05) is 24.3 Å². The lowest BCUT2D eigenvalue weighted by atomic mass is 10.1. The van der Waals surface area contributed by atoms with Crippen molar-refractivity contribution in [2.45, 2.75) is 6.42 Å². The molecule has 1 aromatic carbocycles. The molecule has 0 aliphatic rings. The molecule has 0 bridgehead atoms. The van der Waals surface area contributed by atoms with Crippen molar-refractivity contribution in [1.29, 1.82) is 0 Å². The van der Waals surface area contributed by atoms with Gasteiger partial charge in [0, 0.05) is 10.9 Å². The van der Waals surface area contributed by atoms with Crippen LogP contribution in [0.15, 0.2) is 34.9 Å². The average Bonchev–Trinajstić information content (AvgIpc) is 2.27. The maximum Gasteiger partial charge on any atom is 0.222 e. The molecule has 0 radical (unpaired) electrons. The van der Waals surface area contributed by atoms with Crippen molar-refractivity contribution in [3.8, 4) is 0 Å². The summed E-state index contributed by atoms with van der Waals surface area (Å²) in [5.74, 6) is 0. The Bertz CT molecular complexity index is 499. The number of nitrogens with two attached hydrogens (primary N) is 1. The second-order valence-corrected chi connectivity index (χ2v) is 4.60. The zero-order valence-electron chi connectivity index (χ0n) is 8.32. The van der Waals surface area contributed by atoms with E-state index in [4.69, 9.17) is 17.3 Å². The molecule has 16 heavy (non-hydrogen) atoms. The first-order chi connectivity index (χ1) is 7.65. The Balaban J connectivity index is 2.26. The zero-order valence-corrected chi connectivity index (χ0v) is 10.7. The van der Waals surface area contributed by atoms with Crippen LogP contribution in [0.3, 0.4) is 0 Å². The van der Waals surface area contributed by atoms with E-state index in [1.165, 1.54) is 6.20 Å². The predicted molar refractivity (Wildman–Crippen MR) is 68.4 cm³/mol. The van der Waals surface area contributed by atoms with Crippen LogP contribution in [0.1, 0.15) is 11.3 Å². The van der Waals surface area contributed by atoms with Gasteiger partial charge < -0.3 is 5.73 Å². The summed E-state index contributed by atoms with van der Waals surface area (Å²) in [6.45, 7) is 0. The lowest BCUT2D eigenvalue weighted by molar-refractivity contribution is 1.03. The van der Waals surface area contributed by atoms with Crippen molar-refractivity contribution in [3.05, 3.63) is 51.5 Å². The minimum atomic E-state index is 0.223. The minimum absolute atomic E-state index is 0.223. The molecule has 0 unspecified atom stereocenters. The Morgan fingerprint density at radius 1 is 1.25 bits per heavy atom. The normalized spacial score (nSPS) is 10.4. The highest BCUT2D eigenvalue weighted by Gasteiger charge is 2.04. The van der Waals surface area contributed by atoms with E-state index in [2.05, 4.69) is 25.9 Å². The molecule has 2 rings (SSSR count). The summed E-state index contributed by atoms with van der Waals surface area (Å²) in [7, 11) is 0. The second kappa shape index (κ2) is 4.80. The van der Waals surface area contributed by atoms with Crippen molar-refractivity contribution in [1.82, 2.24) is 9.97 Å². The van der Waals surface area contributed by atoms with Crippen LogP contribution in [-0.4, -0.2) is 9.97 Å². The van der Waals surface area contributed by atoms with Crippen molar-refractivity contribution >= 4 is 33.2 Å². The maximum absolute atomic E-state index is 5.77. The highest BCUT2D eigenvalue weighted by molar-refractivity contribution is 9.10. The number of halogens is 2. The van der Waals surface area contributed by atoms with E-state index in [-0.39, 0.29) is 5.28 Å². The number of rotatable bonds is 2. The zero-order chi connectivity index (χ0) is 11.5. The number of hydrogen-bond acceptors (Lipinski definition) is 3. The first kappa shape index (κ1) is 11.4. The minimum Gasteiger partial charge on any atom is -0.396 e. The van der Waals surface area contributed by atoms with Crippen LogP contribution in [-0.2, 0) is 6.42 Å². The molecule has 0 saturated heterocycles. The topological polar surface area (TPSA) is 51.8 Å². The first-order valence-electron chi connectivity index (χ1n) is 4.66. The van der Waals surface area contributed by atoms with Gasteiger partial charge in [0.1, 0.15) is 0 Å². The van der Waals surface area contributed by atoms with Gasteiger partial charge >= 0.3 is 0 Å². The van der Waals surface area contributed by atoms with Gasteiger partial charge in [-0.2, -0.15) is 0 Å². The molecule has 3 nitrogen and oxygen atoms in total. The van der Waals surface area contributed by atoms with Gasteiger partial charge in [-0.3, -0.25) is 0 Å². The quantitative estimate of drug-likeness (QED) is 0.867. The molecular formula is C11H9BrClN3. The number of anilines is 1. The number of nitrogen functional groups attached to an aromatic ring is 1. The van der Waals surface area contributed by atoms with Crippen LogP contribution in [0.5, 0.6) is 0 Å². The SMILES string of the molecule is Nc1cnc(Cl)nc1Cc1ccc(Br)cc1. The number of hydrogen-bond donors (Lipinski definition) is 1. The number of benzene rings is 1. The van der Waals surface area contributed by atoms with Gasteiger partial charge in [0.2, 0.25) is 5.28 Å². The summed E-state index contributed by atoms with van der Waals surface area (Å²) in [5.41, 5.74) is 8.22. The molecule has 0 aliphatic heterocycles. The molecule has 1 aromatic heterocycles. The standard InChI is InChI=1S/C11H9BrClN3/c12-8-3-1-7(2-4-8)5-10-9(14)6-15-11(13)16-10/h1-4,6H,5,14H2. The van der Waals surface area contributed by atoms with Crippen LogP contribution in [0.2, 0.25) is 5.28 Å². The summed E-state index contributed by atoms with van der Waals surface area (Å²) in [5, 5.41) is 0.223. The van der Waals surface area contributed by atoms with Gasteiger partial charge in [-0.25, -0.2) is 9.97 Å². The van der Waals surface area contributed by atoms with Crippen LogP contribution in [0.25, 0.3) is 0 Å². The second-order valence-electron chi connectivity index (χ2n) is 3.34. The average molecular weight is 299 g/mol. The van der Waals surface area contributed by atoms with Crippen molar-refractivity contribution < 1.29 is 0 Å². The molecule has 0 amide bonds. The van der Waals surface area contributed by atoms with Crippen molar-refractivity contribution in [2.75, 3.05) is 5.73 Å². The molecule has 1 heterocycles. The fourth-order valence-electron chi connectivity index (χ4n) is 1.34. The highest BCUT2D eigenvalue weighted by Crippen LogP contribution is 2.17. The largest absolute Gasteiger partial charge is 0.396 e. The van der Waals surface area contributed by atoms with Crippen LogP contribution in [0, 0.1) is 0 Å². The van der Waals surface area contributed by atoms with E-state index in [1.54, 1.807) is 0 Å². The van der Waals surface area contributed by atoms with E-state index in [9.17, 15) is 0 Å². The Labute approximate surface area is 107 Å². The van der Waals surface area contributed by atoms with E-state index in [0.717, 1.165) is 15.7 Å². The fourth-order valence-corrected chi connectivity index (χ4v) is 1.75. The summed E-state index contributed by atoms with van der Waals surface area (Å²) in [6.07, 6.45) is 2.19. The molecular weight excluding hydrogens is 289 g/mol. The Hall–Kier alpha value is -1.13. The number of nitrogens with zero attached hydrogens (tertiary/aromatic N) is 2. The summed E-state index contributed by atoms with van der Waals surface area (Å²) in [4.78, 5) is 7.92. The molecule has 0 saturated carbocycles. The van der Waals surface area contributed by atoms with Crippen molar-refractivity contribution in [3.63, 3.8) is 0 Å². The van der Waals surface area contributed by atoms with Gasteiger partial charge in [-0.1, -0.05) is 28.1 Å². The third kappa shape index (κ3) is 2.71. The maximum atomic E-state index is 5.77. The van der Waals surface area contributed by atoms with E-state index < -0.39 is 0 Å². The summed E-state index contributed by atoms with van der Waals surface area (Å²) in [6, 6.07) is 7.99. The Kier molecular flexibility index (Phi) is 3.41. The molecule has 0 fully saturated rings. The third-order valence-corrected chi connectivity index (χ3v) is 2.87.